The Labute approximate surface area is 214 Å². The van der Waals surface area contributed by atoms with Gasteiger partial charge in [0.05, 0.1) is 23.4 Å². The maximum Gasteiger partial charge on any atom is 0.319 e. The number of ether oxygens (including phenoxy) is 1. The summed E-state index contributed by atoms with van der Waals surface area (Å²) in [6.07, 6.45) is 2.02. The number of carbonyl (C=O) groups is 3. The Morgan fingerprint density at radius 1 is 0.757 bits per heavy atom. The monoisotopic (exact) mass is 485 g/mol. The summed E-state index contributed by atoms with van der Waals surface area (Å²) in [5, 5.41) is 1.76. The van der Waals surface area contributed by atoms with Crippen LogP contribution in [0.25, 0.3) is 16.3 Å². The molecule has 0 aromatic heterocycles. The number of hydrogen-bond donors (Lipinski definition) is 0. The first kappa shape index (κ1) is 21.7. The van der Waals surface area contributed by atoms with E-state index in [9.17, 15) is 14.4 Å². The highest BCUT2D eigenvalue weighted by atomic mass is 16.5. The second-order valence-corrected chi connectivity index (χ2v) is 10.0. The molecule has 0 saturated carbocycles. The van der Waals surface area contributed by atoms with Crippen molar-refractivity contribution >= 4 is 39.8 Å². The minimum absolute atomic E-state index is 0.280. The quantitative estimate of drug-likeness (QED) is 0.209. The van der Waals surface area contributed by atoms with Crippen molar-refractivity contribution in [3.8, 4) is 5.75 Å². The number of hydrogen-bond acceptors (Lipinski definition) is 4. The van der Waals surface area contributed by atoms with Crippen LogP contribution in [0.3, 0.4) is 0 Å². The first-order chi connectivity index (χ1) is 18.0. The van der Waals surface area contributed by atoms with Gasteiger partial charge in [-0.1, -0.05) is 84.9 Å². The number of imide groups is 1. The largest absolute Gasteiger partial charge is 0.425 e. The number of fused-ring (bicyclic) bond motifs is 6. The molecule has 4 atom stereocenters. The lowest BCUT2D eigenvalue weighted by Crippen LogP contribution is -2.42. The molecule has 2 amide bonds. The predicted octanol–water partition coefficient (Wildman–Crippen LogP) is 5.67. The molecule has 1 fully saturated rings. The van der Waals surface area contributed by atoms with Gasteiger partial charge in [-0.25, -0.2) is 4.90 Å². The maximum absolute atomic E-state index is 14.2. The molecule has 0 bridgehead atoms. The lowest BCUT2D eigenvalue weighted by Gasteiger charge is -2.38. The number of esters is 1. The Kier molecular flexibility index (Phi) is 4.70. The number of carbonyl (C=O) groups excluding carboxylic acids is 3. The molecule has 0 unspecified atom stereocenters. The van der Waals surface area contributed by atoms with Gasteiger partial charge < -0.3 is 4.74 Å². The summed E-state index contributed by atoms with van der Waals surface area (Å²) in [7, 11) is 0. The molecule has 7 rings (SSSR count). The van der Waals surface area contributed by atoms with Crippen LogP contribution < -0.4 is 9.64 Å². The fraction of sp³-hybridized carbons (Fsp3) is 0.156. The second-order valence-electron chi connectivity index (χ2n) is 10.0. The van der Waals surface area contributed by atoms with Crippen molar-refractivity contribution in [2.45, 2.75) is 12.8 Å². The van der Waals surface area contributed by atoms with Crippen molar-refractivity contribution < 1.29 is 19.1 Å². The van der Waals surface area contributed by atoms with Crippen LogP contribution in [0.1, 0.15) is 22.6 Å². The van der Waals surface area contributed by atoms with E-state index in [1.54, 1.807) is 6.07 Å². The molecule has 0 spiro atoms. The van der Waals surface area contributed by atoms with E-state index in [0.717, 1.165) is 33.0 Å². The van der Waals surface area contributed by atoms with Crippen LogP contribution in [-0.4, -0.2) is 17.8 Å². The van der Waals surface area contributed by atoms with Gasteiger partial charge in [-0.05, 0) is 41.1 Å². The van der Waals surface area contributed by atoms with Crippen molar-refractivity contribution in [2.75, 3.05) is 4.90 Å². The van der Waals surface area contributed by atoms with Crippen LogP contribution in [0.4, 0.5) is 5.69 Å². The highest BCUT2D eigenvalue weighted by molar-refractivity contribution is 6.27. The van der Waals surface area contributed by atoms with Gasteiger partial charge in [-0.2, -0.15) is 0 Å². The van der Waals surface area contributed by atoms with E-state index in [1.807, 2.05) is 97.9 Å². The van der Waals surface area contributed by atoms with Crippen LogP contribution in [0, 0.1) is 24.7 Å². The first-order valence-corrected chi connectivity index (χ1v) is 12.5. The average Bonchev–Trinajstić information content (AvgIpc) is 3.18. The van der Waals surface area contributed by atoms with Gasteiger partial charge in [0.1, 0.15) is 5.75 Å². The molecular weight excluding hydrogens is 462 g/mol. The Balaban J connectivity index is 1.44. The van der Waals surface area contributed by atoms with Gasteiger partial charge in [0.15, 0.2) is 0 Å². The number of amides is 2. The smallest absolute Gasteiger partial charge is 0.319 e. The predicted molar refractivity (Wildman–Crippen MR) is 141 cm³/mol. The first-order valence-electron chi connectivity index (χ1n) is 12.5. The molecule has 0 N–H and O–H groups in total. The zero-order valence-corrected chi connectivity index (χ0v) is 20.1. The summed E-state index contributed by atoms with van der Waals surface area (Å²) in [5.74, 6) is -3.35. The van der Waals surface area contributed by atoms with E-state index in [-0.39, 0.29) is 17.7 Å². The van der Waals surface area contributed by atoms with E-state index < -0.39 is 23.7 Å². The lowest BCUT2D eigenvalue weighted by atomic mass is 9.64. The number of anilines is 1. The van der Waals surface area contributed by atoms with Gasteiger partial charge >= 0.3 is 5.97 Å². The topological polar surface area (TPSA) is 63.7 Å². The summed E-state index contributed by atoms with van der Waals surface area (Å²) in [5.41, 5.74) is 4.04. The Morgan fingerprint density at radius 3 is 2.32 bits per heavy atom. The number of aryl methyl sites for hydroxylation is 1. The van der Waals surface area contributed by atoms with Crippen molar-refractivity contribution in [3.63, 3.8) is 0 Å². The van der Waals surface area contributed by atoms with Crippen molar-refractivity contribution in [2.24, 2.45) is 17.8 Å². The molecule has 1 aliphatic carbocycles. The van der Waals surface area contributed by atoms with Crippen molar-refractivity contribution in [1.29, 1.82) is 0 Å². The molecule has 2 aliphatic heterocycles. The fourth-order valence-corrected chi connectivity index (χ4v) is 6.31. The van der Waals surface area contributed by atoms with Gasteiger partial charge in [-0.15, -0.1) is 0 Å². The summed E-state index contributed by atoms with van der Waals surface area (Å²) in [6.45, 7) is 1.94. The van der Waals surface area contributed by atoms with Crippen LogP contribution in [-0.2, 0) is 14.4 Å². The molecule has 3 aliphatic rings. The normalized spacial score (nSPS) is 24.3. The zero-order chi connectivity index (χ0) is 25.3. The number of nitrogens with zero attached hydrogens (tertiary/aromatic N) is 1. The summed E-state index contributed by atoms with van der Waals surface area (Å²) < 4.78 is 5.76. The van der Waals surface area contributed by atoms with Gasteiger partial charge in [0.25, 0.3) is 0 Å². The molecule has 37 heavy (non-hydrogen) atoms. The van der Waals surface area contributed by atoms with E-state index in [1.165, 1.54) is 4.90 Å². The maximum atomic E-state index is 14.2. The third kappa shape index (κ3) is 3.13. The molecule has 2 heterocycles. The van der Waals surface area contributed by atoms with Crippen LogP contribution in [0.15, 0.2) is 97.1 Å². The highest BCUT2D eigenvalue weighted by Gasteiger charge is 2.60. The molecule has 4 aromatic rings. The van der Waals surface area contributed by atoms with E-state index in [0.29, 0.717) is 11.4 Å². The minimum Gasteiger partial charge on any atom is -0.425 e. The number of allylic oxidation sites excluding steroid dienone is 1. The summed E-state index contributed by atoms with van der Waals surface area (Å²) in [6, 6.07) is 28.8. The Morgan fingerprint density at radius 2 is 1.49 bits per heavy atom. The van der Waals surface area contributed by atoms with E-state index >= 15 is 0 Å². The van der Waals surface area contributed by atoms with Crippen molar-refractivity contribution in [3.05, 3.63) is 114 Å². The standard InChI is InChI=1S/C32H23NO4/c1-18-14-15-22-24-17-23(20-8-3-2-4-9-20)27-29(28(24)32(36)37-26(22)16-18)31(35)33(30(27)34)25-13-7-11-19-10-5-6-12-21(19)25/h2-17,23,27-29H,1H3/t23-,27-,28-,29-/m1/s1. The van der Waals surface area contributed by atoms with Crippen molar-refractivity contribution in [1.82, 2.24) is 0 Å². The summed E-state index contributed by atoms with van der Waals surface area (Å²) >= 11 is 0. The Bertz CT molecular complexity index is 1650. The number of rotatable bonds is 2. The van der Waals surface area contributed by atoms with Crippen LogP contribution >= 0.6 is 0 Å². The van der Waals surface area contributed by atoms with Gasteiger partial charge in [0, 0.05) is 16.9 Å². The molecule has 1 saturated heterocycles. The molecular formula is C32H23NO4. The van der Waals surface area contributed by atoms with Crippen LogP contribution in [0.5, 0.6) is 5.75 Å². The fourth-order valence-electron chi connectivity index (χ4n) is 6.31. The molecule has 180 valence electrons. The Hall–Kier alpha value is -4.51. The SMILES string of the molecule is Cc1ccc2c(c1)OC(=O)[C@@H]1C2=C[C@H](c2ccccc2)[C@H]2C(=O)N(c3cccc4ccccc34)C(=O)[C@@H]12. The molecule has 0 radical (unpaired) electrons. The minimum atomic E-state index is -0.848. The van der Waals surface area contributed by atoms with E-state index in [4.69, 9.17) is 4.74 Å². The third-order valence-corrected chi connectivity index (χ3v) is 7.94. The van der Waals surface area contributed by atoms with Crippen LogP contribution in [0.2, 0.25) is 0 Å². The zero-order valence-electron chi connectivity index (χ0n) is 20.1. The lowest BCUT2D eigenvalue weighted by molar-refractivity contribution is -0.142. The number of benzene rings is 4. The average molecular weight is 486 g/mol. The highest BCUT2D eigenvalue weighted by Crippen LogP contribution is 2.55. The van der Waals surface area contributed by atoms with E-state index in [2.05, 4.69) is 0 Å². The molecule has 5 heteroatoms. The van der Waals surface area contributed by atoms with Gasteiger partial charge in [-0.3, -0.25) is 14.4 Å². The van der Waals surface area contributed by atoms with Gasteiger partial charge in [0.2, 0.25) is 11.8 Å². The molecule has 4 aromatic carbocycles. The summed E-state index contributed by atoms with van der Waals surface area (Å²) in [4.78, 5) is 43.1. The molecule has 5 nitrogen and oxygen atoms in total. The second kappa shape index (κ2) is 8.00. The third-order valence-electron chi connectivity index (χ3n) is 7.94.